The number of carboxylic acids is 1. The average molecular weight is 431 g/mol. The van der Waals surface area contributed by atoms with Gasteiger partial charge in [0.05, 0.1) is 0 Å². The lowest BCUT2D eigenvalue weighted by Gasteiger charge is -2.19. The fourth-order valence-corrected chi connectivity index (χ4v) is 3.21. The summed E-state index contributed by atoms with van der Waals surface area (Å²) in [5, 5.41) is 12.1. The summed E-state index contributed by atoms with van der Waals surface area (Å²) in [7, 11) is 1.69. The first kappa shape index (κ1) is 24.3. The van der Waals surface area contributed by atoms with E-state index in [1.54, 1.807) is 26.1 Å². The number of hydrogen-bond donors (Lipinski definition) is 2. The van der Waals surface area contributed by atoms with Crippen LogP contribution in [0.25, 0.3) is 11.1 Å². The van der Waals surface area contributed by atoms with Crippen molar-refractivity contribution in [3.8, 4) is 11.1 Å². The Morgan fingerprint density at radius 3 is 2.52 bits per heavy atom. The molecule has 0 aliphatic rings. The van der Waals surface area contributed by atoms with Crippen molar-refractivity contribution in [3.63, 3.8) is 0 Å². The predicted molar refractivity (Wildman–Crippen MR) is 120 cm³/mol. The number of ether oxygens (including phenoxy) is 1. The highest BCUT2D eigenvalue weighted by molar-refractivity contribution is 5.92. The topological polar surface area (TPSA) is 78.9 Å². The van der Waals surface area contributed by atoms with E-state index in [0.29, 0.717) is 17.8 Å². The number of anilines is 1. The highest BCUT2D eigenvalue weighted by Crippen LogP contribution is 2.26. The molecule has 0 heterocycles. The third kappa shape index (κ3) is 7.07. The number of unbranched alkanes of at least 4 members (excludes halogenated alkanes) is 2. The molecule has 2 amide bonds. The summed E-state index contributed by atoms with van der Waals surface area (Å²) in [6, 6.07) is 11.8. The lowest BCUT2D eigenvalue weighted by atomic mass is 10.00. The van der Waals surface area contributed by atoms with Crippen LogP contribution >= 0.6 is 0 Å². The van der Waals surface area contributed by atoms with Crippen molar-refractivity contribution in [1.82, 2.24) is 5.32 Å². The molecule has 0 fully saturated rings. The molecule has 0 aliphatic carbocycles. The third-order valence-corrected chi connectivity index (χ3v) is 5.03. The van der Waals surface area contributed by atoms with Gasteiger partial charge in [-0.3, -0.25) is 4.90 Å². The molecule has 0 bridgehead atoms. The number of carbonyl (C=O) groups excluding carboxylic acids is 1. The fourth-order valence-electron chi connectivity index (χ4n) is 3.21. The van der Waals surface area contributed by atoms with Crippen LogP contribution in [-0.4, -0.2) is 43.4 Å². The summed E-state index contributed by atoms with van der Waals surface area (Å²) in [6.45, 7) is 4.68. The fraction of sp³-hybridized carbons (Fsp3) is 0.417. The molecule has 0 saturated heterocycles. The van der Waals surface area contributed by atoms with Gasteiger partial charge in [-0.25, -0.2) is 14.0 Å². The van der Waals surface area contributed by atoms with Gasteiger partial charge in [0.25, 0.3) is 0 Å². The van der Waals surface area contributed by atoms with Crippen molar-refractivity contribution in [2.24, 2.45) is 0 Å². The van der Waals surface area contributed by atoms with Crippen molar-refractivity contribution in [2.45, 2.75) is 45.6 Å². The van der Waals surface area contributed by atoms with Crippen molar-refractivity contribution >= 4 is 17.7 Å². The maximum atomic E-state index is 14.7. The van der Waals surface area contributed by atoms with Crippen molar-refractivity contribution in [3.05, 3.63) is 53.8 Å². The number of nitrogens with zero attached hydrogens (tertiary/aromatic N) is 1. The maximum Gasteiger partial charge on any atom is 0.333 e. The molecule has 2 aromatic carbocycles. The van der Waals surface area contributed by atoms with Crippen LogP contribution in [0.5, 0.6) is 0 Å². The molecule has 6 nitrogen and oxygen atoms in total. The van der Waals surface area contributed by atoms with Gasteiger partial charge in [-0.05, 0) is 48.2 Å². The molecular weight excluding hydrogens is 399 g/mol. The number of carboxylic acid groups (broad SMARTS) is 1. The van der Waals surface area contributed by atoms with Crippen LogP contribution in [0, 0.1) is 5.82 Å². The highest BCUT2D eigenvalue weighted by atomic mass is 19.1. The summed E-state index contributed by atoms with van der Waals surface area (Å²) < 4.78 is 19.8. The molecule has 0 radical (unpaired) electrons. The average Bonchev–Trinajstić information content (AvgIpc) is 2.76. The molecule has 0 aromatic heterocycles. The van der Waals surface area contributed by atoms with Gasteiger partial charge in [0.1, 0.15) is 5.82 Å². The van der Waals surface area contributed by atoms with Gasteiger partial charge < -0.3 is 15.2 Å². The Hall–Kier alpha value is -2.93. The van der Waals surface area contributed by atoms with Gasteiger partial charge in [0, 0.05) is 32.3 Å². The first-order valence-electron chi connectivity index (χ1n) is 10.6. The van der Waals surface area contributed by atoms with Gasteiger partial charge in [0.2, 0.25) is 0 Å². The summed E-state index contributed by atoms with van der Waals surface area (Å²) in [4.78, 5) is 25.2. The Morgan fingerprint density at radius 1 is 1.13 bits per heavy atom. The highest BCUT2D eigenvalue weighted by Gasteiger charge is 2.20. The summed E-state index contributed by atoms with van der Waals surface area (Å²) in [6.07, 6.45) is 1.97. The molecule has 0 spiro atoms. The minimum atomic E-state index is -1.12. The molecule has 2 N–H and O–H groups in total. The number of benzene rings is 2. The van der Waals surface area contributed by atoms with E-state index in [9.17, 15) is 19.1 Å². The van der Waals surface area contributed by atoms with E-state index in [2.05, 4.69) is 12.2 Å². The third-order valence-electron chi connectivity index (χ3n) is 5.03. The number of halogens is 1. The molecule has 7 heteroatoms. The summed E-state index contributed by atoms with van der Waals surface area (Å²) in [5.41, 5.74) is 2.37. The van der Waals surface area contributed by atoms with E-state index in [1.165, 1.54) is 11.0 Å². The maximum absolute atomic E-state index is 14.7. The van der Waals surface area contributed by atoms with Gasteiger partial charge in [-0.2, -0.15) is 0 Å². The Bertz CT molecular complexity index is 888. The Balaban J connectivity index is 2.14. The van der Waals surface area contributed by atoms with Crippen LogP contribution < -0.4 is 10.2 Å². The Morgan fingerprint density at radius 2 is 1.87 bits per heavy atom. The van der Waals surface area contributed by atoms with E-state index >= 15 is 0 Å². The zero-order chi connectivity index (χ0) is 22.8. The van der Waals surface area contributed by atoms with E-state index in [-0.39, 0.29) is 24.6 Å². The molecule has 1 atom stereocenters. The molecule has 2 rings (SSSR count). The minimum Gasteiger partial charge on any atom is -0.479 e. The molecule has 0 aliphatic heterocycles. The van der Waals surface area contributed by atoms with Crippen LogP contribution in [0.15, 0.2) is 42.5 Å². The number of rotatable bonds is 11. The molecule has 2 aromatic rings. The van der Waals surface area contributed by atoms with E-state index in [4.69, 9.17) is 4.74 Å². The molecule has 31 heavy (non-hydrogen) atoms. The predicted octanol–water partition coefficient (Wildman–Crippen LogP) is 4.86. The van der Waals surface area contributed by atoms with Gasteiger partial charge in [-0.1, -0.05) is 44.0 Å². The summed E-state index contributed by atoms with van der Waals surface area (Å²) in [5.74, 6) is -1.61. The standard InChI is InChI=1S/C24H31FN2O4/c1-4-6-7-13-26-24(30)27(3)20-10-8-9-17(14-20)18-11-12-19(21(25)15-18)16-22(23(28)29)31-5-2/h8-12,14-15,22H,4-7,13,16H2,1-3H3,(H,26,30)(H,28,29)/t22-/m0/s1. The number of aliphatic carboxylic acids is 1. The molecule has 168 valence electrons. The van der Waals surface area contributed by atoms with E-state index in [1.807, 2.05) is 24.3 Å². The molecular formula is C24H31FN2O4. The van der Waals surface area contributed by atoms with Crippen molar-refractivity contribution < 1.29 is 23.8 Å². The second kappa shape index (κ2) is 12.1. The second-order valence-electron chi connectivity index (χ2n) is 7.34. The normalized spacial score (nSPS) is 11.7. The van der Waals surface area contributed by atoms with Crippen LogP contribution in [0.2, 0.25) is 0 Å². The lowest BCUT2D eigenvalue weighted by Crippen LogP contribution is -2.37. The first-order chi connectivity index (χ1) is 14.9. The number of urea groups is 1. The number of hydrogen-bond acceptors (Lipinski definition) is 3. The number of nitrogens with one attached hydrogen (secondary N) is 1. The largest absolute Gasteiger partial charge is 0.479 e. The van der Waals surface area contributed by atoms with Crippen LogP contribution in [0.1, 0.15) is 38.7 Å². The smallest absolute Gasteiger partial charge is 0.333 e. The lowest BCUT2D eigenvalue weighted by molar-refractivity contribution is -0.150. The van der Waals surface area contributed by atoms with Crippen molar-refractivity contribution in [2.75, 3.05) is 25.1 Å². The van der Waals surface area contributed by atoms with E-state index in [0.717, 1.165) is 24.8 Å². The first-order valence-corrected chi connectivity index (χ1v) is 10.6. The zero-order valence-electron chi connectivity index (χ0n) is 18.4. The SMILES string of the molecule is CCCCCNC(=O)N(C)c1cccc(-c2ccc(C[C@H](OCC)C(=O)O)c(F)c2)c1. The van der Waals surface area contributed by atoms with Crippen LogP contribution in [0.3, 0.4) is 0 Å². The zero-order valence-corrected chi connectivity index (χ0v) is 18.4. The van der Waals surface area contributed by atoms with Crippen LogP contribution in [0.4, 0.5) is 14.9 Å². The van der Waals surface area contributed by atoms with Gasteiger partial charge in [0.15, 0.2) is 6.10 Å². The summed E-state index contributed by atoms with van der Waals surface area (Å²) >= 11 is 0. The number of carbonyl (C=O) groups is 2. The molecule has 0 saturated carbocycles. The van der Waals surface area contributed by atoms with Gasteiger partial charge >= 0.3 is 12.0 Å². The Labute approximate surface area is 183 Å². The Kier molecular flexibility index (Phi) is 9.46. The van der Waals surface area contributed by atoms with Crippen molar-refractivity contribution in [1.29, 1.82) is 0 Å². The molecule has 0 unspecified atom stereocenters. The number of amides is 2. The van der Waals surface area contributed by atoms with E-state index < -0.39 is 17.9 Å². The second-order valence-corrected chi connectivity index (χ2v) is 7.34. The minimum absolute atomic E-state index is 0.0454. The van der Waals surface area contributed by atoms with Gasteiger partial charge in [-0.15, -0.1) is 0 Å². The monoisotopic (exact) mass is 430 g/mol. The quantitative estimate of drug-likeness (QED) is 0.499. The van der Waals surface area contributed by atoms with Crippen LogP contribution in [-0.2, 0) is 16.0 Å².